The lowest BCUT2D eigenvalue weighted by atomic mass is 10.1. The molecule has 0 radical (unpaired) electrons. The van der Waals surface area contributed by atoms with Crippen LogP contribution in [0.15, 0.2) is 42.5 Å². The molecule has 4 rings (SSSR count). The highest BCUT2D eigenvalue weighted by Crippen LogP contribution is 2.33. The van der Waals surface area contributed by atoms with Gasteiger partial charge in [-0.2, -0.15) is 10.4 Å². The summed E-state index contributed by atoms with van der Waals surface area (Å²) < 4.78 is 7.88. The first kappa shape index (κ1) is 22.0. The second-order valence-electron chi connectivity index (χ2n) is 6.74. The van der Waals surface area contributed by atoms with Crippen molar-refractivity contribution in [3.63, 3.8) is 0 Å². The maximum atomic E-state index is 13.0. The zero-order valence-corrected chi connectivity index (χ0v) is 19.8. The predicted octanol–water partition coefficient (Wildman–Crippen LogP) is 4.30. The van der Waals surface area contributed by atoms with Crippen LogP contribution in [0.3, 0.4) is 0 Å². The normalized spacial score (nSPS) is 14.3. The standard InChI is InChI=1S/C21H16Cl2IN5O2/c22-14-3-6-18(17(23)11-14)29-20(13-1-4-15(24)5-2-13)16(12-25)19(26-29)21(30)27-28-7-9-31-10-8-28/h1-6,11H,7-10H2,(H,27,30). The molecule has 2 aromatic carbocycles. The number of carbonyl (C=O) groups is 1. The summed E-state index contributed by atoms with van der Waals surface area (Å²) in [5, 5.41) is 17.1. The van der Waals surface area contributed by atoms with Crippen molar-refractivity contribution in [1.29, 1.82) is 5.26 Å². The van der Waals surface area contributed by atoms with Gasteiger partial charge >= 0.3 is 0 Å². The van der Waals surface area contributed by atoms with E-state index in [0.717, 1.165) is 9.13 Å². The number of carbonyl (C=O) groups excluding carboxylic acids is 1. The minimum Gasteiger partial charge on any atom is -0.379 e. The van der Waals surface area contributed by atoms with Crippen molar-refractivity contribution >= 4 is 51.7 Å². The smallest absolute Gasteiger partial charge is 0.287 e. The first-order chi connectivity index (χ1) is 15.0. The molecule has 1 amide bonds. The molecular formula is C21H16Cl2IN5O2. The zero-order valence-electron chi connectivity index (χ0n) is 16.1. The summed E-state index contributed by atoms with van der Waals surface area (Å²) in [6.07, 6.45) is 0. The molecule has 1 saturated heterocycles. The number of hydrogen-bond donors (Lipinski definition) is 1. The molecule has 0 atom stereocenters. The first-order valence-corrected chi connectivity index (χ1v) is 11.2. The number of nitrogens with one attached hydrogen (secondary N) is 1. The van der Waals surface area contributed by atoms with Crippen molar-refractivity contribution in [2.24, 2.45) is 0 Å². The minimum atomic E-state index is -0.464. The Kier molecular flexibility index (Phi) is 6.79. The Morgan fingerprint density at radius 3 is 2.52 bits per heavy atom. The van der Waals surface area contributed by atoms with Gasteiger partial charge in [-0.05, 0) is 52.9 Å². The maximum absolute atomic E-state index is 13.0. The van der Waals surface area contributed by atoms with Crippen molar-refractivity contribution in [3.05, 3.63) is 67.3 Å². The summed E-state index contributed by atoms with van der Waals surface area (Å²) in [6.45, 7) is 2.16. The summed E-state index contributed by atoms with van der Waals surface area (Å²) in [5.41, 5.74) is 4.74. The molecular weight excluding hydrogens is 552 g/mol. The molecule has 0 spiro atoms. The minimum absolute atomic E-state index is 0.0218. The quantitative estimate of drug-likeness (QED) is 0.475. The van der Waals surface area contributed by atoms with E-state index in [-0.39, 0.29) is 11.3 Å². The van der Waals surface area contributed by atoms with E-state index in [9.17, 15) is 10.1 Å². The van der Waals surface area contributed by atoms with Crippen molar-refractivity contribution in [2.45, 2.75) is 0 Å². The Balaban J connectivity index is 1.85. The van der Waals surface area contributed by atoms with E-state index in [1.54, 1.807) is 23.2 Å². The third kappa shape index (κ3) is 4.71. The number of aromatic nitrogens is 2. The van der Waals surface area contributed by atoms with Gasteiger partial charge in [0.05, 0.1) is 29.6 Å². The molecule has 7 nitrogen and oxygen atoms in total. The van der Waals surface area contributed by atoms with Gasteiger partial charge < -0.3 is 4.74 Å². The van der Waals surface area contributed by atoms with Crippen LogP contribution < -0.4 is 5.43 Å². The number of benzene rings is 2. The van der Waals surface area contributed by atoms with Gasteiger partial charge in [-0.15, -0.1) is 0 Å². The number of hydrazine groups is 1. The third-order valence-corrected chi connectivity index (χ3v) is 6.00. The first-order valence-electron chi connectivity index (χ1n) is 9.36. The molecule has 0 bridgehead atoms. The SMILES string of the molecule is N#Cc1c(C(=O)NN2CCOCC2)nn(-c2ccc(Cl)cc2Cl)c1-c1ccc(I)cc1. The Labute approximate surface area is 202 Å². The van der Waals surface area contributed by atoms with Crippen LogP contribution >= 0.6 is 45.8 Å². The second-order valence-corrected chi connectivity index (χ2v) is 8.83. The average molecular weight is 568 g/mol. The lowest BCUT2D eigenvalue weighted by Gasteiger charge is -2.26. The van der Waals surface area contributed by atoms with Gasteiger partial charge in [0.25, 0.3) is 5.91 Å². The molecule has 1 aliphatic heterocycles. The van der Waals surface area contributed by atoms with Crippen molar-refractivity contribution in [3.8, 4) is 23.0 Å². The van der Waals surface area contributed by atoms with E-state index in [1.165, 1.54) is 4.68 Å². The van der Waals surface area contributed by atoms with Gasteiger partial charge in [0.2, 0.25) is 0 Å². The number of halogens is 3. The van der Waals surface area contributed by atoms with E-state index >= 15 is 0 Å². The molecule has 1 fully saturated rings. The maximum Gasteiger partial charge on any atom is 0.287 e. The van der Waals surface area contributed by atoms with Crippen LogP contribution in [0.4, 0.5) is 0 Å². The Bertz CT molecular complexity index is 1170. The van der Waals surface area contributed by atoms with Crippen molar-refractivity contribution < 1.29 is 9.53 Å². The van der Waals surface area contributed by atoms with Gasteiger partial charge in [0.15, 0.2) is 5.69 Å². The van der Waals surface area contributed by atoms with Crippen LogP contribution in [0.5, 0.6) is 0 Å². The Morgan fingerprint density at radius 2 is 1.87 bits per heavy atom. The number of rotatable bonds is 4. The van der Waals surface area contributed by atoms with Gasteiger partial charge in [-0.1, -0.05) is 35.3 Å². The number of morpholine rings is 1. The summed E-state index contributed by atoms with van der Waals surface area (Å²) in [7, 11) is 0. The van der Waals surface area contributed by atoms with E-state index in [1.807, 2.05) is 24.3 Å². The molecule has 1 aromatic heterocycles. The molecule has 158 valence electrons. The zero-order chi connectivity index (χ0) is 22.0. The fourth-order valence-corrected chi connectivity index (χ4v) is 4.10. The van der Waals surface area contributed by atoms with Gasteiger partial charge in [-0.3, -0.25) is 10.2 Å². The number of amides is 1. The monoisotopic (exact) mass is 567 g/mol. The number of ether oxygens (including phenoxy) is 1. The van der Waals surface area contributed by atoms with E-state index < -0.39 is 5.91 Å². The lowest BCUT2D eigenvalue weighted by molar-refractivity contribution is 0.0124. The topological polar surface area (TPSA) is 83.2 Å². The highest BCUT2D eigenvalue weighted by atomic mass is 127. The molecule has 3 aromatic rings. The summed E-state index contributed by atoms with van der Waals surface area (Å²) in [4.78, 5) is 13.0. The highest BCUT2D eigenvalue weighted by Gasteiger charge is 2.27. The van der Waals surface area contributed by atoms with Crippen LogP contribution in [0.25, 0.3) is 16.9 Å². The fraction of sp³-hybridized carbons (Fsp3) is 0.190. The summed E-state index contributed by atoms with van der Waals surface area (Å²) in [5.74, 6) is -0.464. The van der Waals surface area contributed by atoms with Crippen LogP contribution in [-0.4, -0.2) is 47.0 Å². The number of hydrogen-bond acceptors (Lipinski definition) is 5. The van der Waals surface area contributed by atoms with Gasteiger partial charge in [0, 0.05) is 27.2 Å². The number of nitriles is 1. The fourth-order valence-electron chi connectivity index (χ4n) is 3.26. The largest absolute Gasteiger partial charge is 0.379 e. The van der Waals surface area contributed by atoms with Crippen LogP contribution in [-0.2, 0) is 4.74 Å². The molecule has 0 saturated carbocycles. The van der Waals surface area contributed by atoms with Gasteiger partial charge in [0.1, 0.15) is 11.6 Å². The molecule has 1 N–H and O–H groups in total. The van der Waals surface area contributed by atoms with Crippen LogP contribution in [0, 0.1) is 14.9 Å². The van der Waals surface area contributed by atoms with E-state index in [0.29, 0.717) is 47.7 Å². The molecule has 0 unspecified atom stereocenters. The summed E-state index contributed by atoms with van der Waals surface area (Å²) in [6, 6.07) is 14.7. The van der Waals surface area contributed by atoms with Crippen LogP contribution in [0.1, 0.15) is 16.1 Å². The van der Waals surface area contributed by atoms with Crippen molar-refractivity contribution in [2.75, 3.05) is 26.3 Å². The van der Waals surface area contributed by atoms with E-state index in [4.69, 9.17) is 27.9 Å². The molecule has 0 aliphatic carbocycles. The summed E-state index contributed by atoms with van der Waals surface area (Å²) >= 11 is 14.7. The molecule has 2 heterocycles. The van der Waals surface area contributed by atoms with Crippen LogP contribution in [0.2, 0.25) is 10.0 Å². The van der Waals surface area contributed by atoms with Crippen molar-refractivity contribution in [1.82, 2.24) is 20.2 Å². The second kappa shape index (κ2) is 9.54. The van der Waals surface area contributed by atoms with E-state index in [2.05, 4.69) is 39.2 Å². The molecule has 1 aliphatic rings. The number of nitrogens with zero attached hydrogens (tertiary/aromatic N) is 4. The highest BCUT2D eigenvalue weighted by molar-refractivity contribution is 14.1. The average Bonchev–Trinajstić information content (AvgIpc) is 3.14. The molecule has 31 heavy (non-hydrogen) atoms. The van der Waals surface area contributed by atoms with Gasteiger partial charge in [-0.25, -0.2) is 9.69 Å². The third-order valence-electron chi connectivity index (χ3n) is 4.74. The lowest BCUT2D eigenvalue weighted by Crippen LogP contribution is -2.48. The molecule has 10 heteroatoms. The Morgan fingerprint density at radius 1 is 1.16 bits per heavy atom. The predicted molar refractivity (Wildman–Crippen MR) is 126 cm³/mol. The Hall–Kier alpha value is -2.16.